The lowest BCUT2D eigenvalue weighted by atomic mass is 9.76. The van der Waals surface area contributed by atoms with Gasteiger partial charge in [-0.3, -0.25) is 4.79 Å². The Hall–Kier alpha value is -1.66. The van der Waals surface area contributed by atoms with Crippen LogP contribution in [0.5, 0.6) is 0 Å². The van der Waals surface area contributed by atoms with E-state index in [9.17, 15) is 4.79 Å². The van der Waals surface area contributed by atoms with Crippen LogP contribution in [0.15, 0.2) is 30.3 Å². The highest BCUT2D eigenvalue weighted by Gasteiger charge is 2.37. The second kappa shape index (κ2) is 7.38. The summed E-state index contributed by atoms with van der Waals surface area (Å²) in [5, 5.41) is 8.87. The fraction of sp³-hybridized carbons (Fsp3) is 0.556. The van der Waals surface area contributed by atoms with E-state index in [1.807, 2.05) is 18.2 Å². The highest BCUT2D eigenvalue weighted by atomic mass is 16.5. The van der Waals surface area contributed by atoms with E-state index >= 15 is 0 Å². The molecule has 1 aromatic carbocycles. The molecule has 1 aromatic rings. The molecule has 1 aliphatic carbocycles. The van der Waals surface area contributed by atoms with Crippen molar-refractivity contribution in [1.29, 1.82) is 5.26 Å². The first-order chi connectivity index (χ1) is 10.1. The van der Waals surface area contributed by atoms with Crippen molar-refractivity contribution in [3.63, 3.8) is 0 Å². The van der Waals surface area contributed by atoms with Crippen LogP contribution in [0.25, 0.3) is 0 Å². The summed E-state index contributed by atoms with van der Waals surface area (Å²) in [6.07, 6.45) is 4.19. The fourth-order valence-corrected chi connectivity index (χ4v) is 3.03. The van der Waals surface area contributed by atoms with E-state index in [4.69, 9.17) is 10.00 Å². The second-order valence-corrected chi connectivity index (χ2v) is 6.17. The lowest BCUT2D eigenvalue weighted by molar-refractivity contribution is -0.119. The summed E-state index contributed by atoms with van der Waals surface area (Å²) >= 11 is 0. The first kappa shape index (κ1) is 15.7. The summed E-state index contributed by atoms with van der Waals surface area (Å²) in [5.74, 6) is 0.323. The monoisotopic (exact) mass is 285 g/mol. The fourth-order valence-electron chi connectivity index (χ4n) is 3.03. The molecule has 0 saturated heterocycles. The SMILES string of the molecule is CC1(CCC#N)CCC(=O)CC[C@H]1OCc1ccccc1. The number of rotatable bonds is 5. The van der Waals surface area contributed by atoms with Crippen LogP contribution in [0.1, 0.15) is 51.0 Å². The molecule has 2 atom stereocenters. The van der Waals surface area contributed by atoms with E-state index in [2.05, 4.69) is 25.1 Å². The van der Waals surface area contributed by atoms with Crippen molar-refractivity contribution in [3.8, 4) is 6.07 Å². The summed E-state index contributed by atoms with van der Waals surface area (Å²) in [4.78, 5) is 11.7. The van der Waals surface area contributed by atoms with Gasteiger partial charge in [0.2, 0.25) is 0 Å². The van der Waals surface area contributed by atoms with Crippen LogP contribution < -0.4 is 0 Å². The Morgan fingerprint density at radius 1 is 1.33 bits per heavy atom. The predicted octanol–water partition coefficient (Wildman–Crippen LogP) is 4.02. The quantitative estimate of drug-likeness (QED) is 0.768. The molecule has 0 N–H and O–H groups in total. The van der Waals surface area contributed by atoms with Gasteiger partial charge in [0, 0.05) is 19.3 Å². The second-order valence-electron chi connectivity index (χ2n) is 6.17. The molecule has 1 unspecified atom stereocenters. The molecule has 2 rings (SSSR count). The predicted molar refractivity (Wildman–Crippen MR) is 81.4 cm³/mol. The summed E-state index contributed by atoms with van der Waals surface area (Å²) in [6, 6.07) is 12.3. The van der Waals surface area contributed by atoms with E-state index in [1.54, 1.807) is 0 Å². The topological polar surface area (TPSA) is 50.1 Å². The van der Waals surface area contributed by atoms with Gasteiger partial charge in [-0.25, -0.2) is 0 Å². The van der Waals surface area contributed by atoms with Crippen molar-refractivity contribution in [2.75, 3.05) is 0 Å². The molecule has 1 fully saturated rings. The van der Waals surface area contributed by atoms with E-state index in [-0.39, 0.29) is 11.5 Å². The number of carbonyl (C=O) groups is 1. The van der Waals surface area contributed by atoms with Gasteiger partial charge < -0.3 is 4.74 Å². The third-order valence-electron chi connectivity index (χ3n) is 4.54. The number of hydrogen-bond acceptors (Lipinski definition) is 3. The van der Waals surface area contributed by atoms with Crippen LogP contribution >= 0.6 is 0 Å². The van der Waals surface area contributed by atoms with Crippen molar-refractivity contribution in [2.24, 2.45) is 5.41 Å². The van der Waals surface area contributed by atoms with Crippen molar-refractivity contribution in [1.82, 2.24) is 0 Å². The maximum atomic E-state index is 11.7. The highest BCUT2D eigenvalue weighted by Crippen LogP contribution is 2.40. The Kier molecular flexibility index (Phi) is 5.52. The first-order valence-corrected chi connectivity index (χ1v) is 7.68. The van der Waals surface area contributed by atoms with E-state index in [0.29, 0.717) is 31.7 Å². The van der Waals surface area contributed by atoms with Crippen LogP contribution in [0.4, 0.5) is 0 Å². The summed E-state index contributed by atoms with van der Waals surface area (Å²) in [5.41, 5.74) is 1.08. The van der Waals surface area contributed by atoms with Crippen LogP contribution in [-0.2, 0) is 16.1 Å². The number of ether oxygens (including phenoxy) is 1. The molecule has 3 heteroatoms. The van der Waals surface area contributed by atoms with Crippen LogP contribution in [0.2, 0.25) is 0 Å². The number of ketones is 1. The number of Topliss-reactive ketones (excluding diaryl/α,β-unsaturated/α-hetero) is 1. The zero-order valence-electron chi connectivity index (χ0n) is 12.7. The minimum Gasteiger partial charge on any atom is -0.373 e. The molecule has 0 radical (unpaired) electrons. The maximum Gasteiger partial charge on any atom is 0.133 e. The van der Waals surface area contributed by atoms with Crippen molar-refractivity contribution in [3.05, 3.63) is 35.9 Å². The van der Waals surface area contributed by atoms with Gasteiger partial charge in [-0.1, -0.05) is 37.3 Å². The van der Waals surface area contributed by atoms with Gasteiger partial charge in [-0.05, 0) is 30.2 Å². The smallest absolute Gasteiger partial charge is 0.133 e. The van der Waals surface area contributed by atoms with Crippen molar-refractivity contribution < 1.29 is 9.53 Å². The first-order valence-electron chi connectivity index (χ1n) is 7.68. The molecular weight excluding hydrogens is 262 g/mol. The van der Waals surface area contributed by atoms with Gasteiger partial charge >= 0.3 is 0 Å². The lowest BCUT2D eigenvalue weighted by Crippen LogP contribution is -2.33. The molecule has 0 bridgehead atoms. The average molecular weight is 285 g/mol. The molecule has 0 aliphatic heterocycles. The van der Waals surface area contributed by atoms with Gasteiger partial charge in [0.25, 0.3) is 0 Å². The van der Waals surface area contributed by atoms with Crippen LogP contribution in [-0.4, -0.2) is 11.9 Å². The van der Waals surface area contributed by atoms with Gasteiger partial charge in [0.1, 0.15) is 5.78 Å². The molecule has 21 heavy (non-hydrogen) atoms. The number of carbonyl (C=O) groups excluding carboxylic acids is 1. The molecule has 0 amide bonds. The van der Waals surface area contributed by atoms with Gasteiger partial charge in [0.05, 0.1) is 18.8 Å². The lowest BCUT2D eigenvalue weighted by Gasteiger charge is -2.35. The third kappa shape index (κ3) is 4.41. The highest BCUT2D eigenvalue weighted by molar-refractivity contribution is 5.78. The number of benzene rings is 1. The van der Waals surface area contributed by atoms with E-state index in [1.165, 1.54) is 0 Å². The Balaban J connectivity index is 2.04. The molecule has 112 valence electrons. The summed E-state index contributed by atoms with van der Waals surface area (Å²) in [6.45, 7) is 2.74. The van der Waals surface area contributed by atoms with E-state index < -0.39 is 0 Å². The largest absolute Gasteiger partial charge is 0.373 e. The van der Waals surface area contributed by atoms with Crippen LogP contribution in [0, 0.1) is 16.7 Å². The van der Waals surface area contributed by atoms with Gasteiger partial charge in [-0.2, -0.15) is 5.26 Å². The number of nitrogens with zero attached hydrogens (tertiary/aromatic N) is 1. The van der Waals surface area contributed by atoms with Gasteiger partial charge in [-0.15, -0.1) is 0 Å². The average Bonchev–Trinajstić information content (AvgIpc) is 2.65. The molecule has 0 heterocycles. The number of nitriles is 1. The zero-order chi connectivity index (χ0) is 15.1. The Morgan fingerprint density at radius 3 is 2.81 bits per heavy atom. The zero-order valence-corrected chi connectivity index (χ0v) is 12.7. The van der Waals surface area contributed by atoms with Gasteiger partial charge in [0.15, 0.2) is 0 Å². The molecule has 0 aromatic heterocycles. The molecule has 0 spiro atoms. The molecule has 1 aliphatic rings. The summed E-state index contributed by atoms with van der Waals surface area (Å²) in [7, 11) is 0. The standard InChI is InChI=1S/C18H23NO2/c1-18(11-5-13-19)12-10-16(20)8-9-17(18)21-14-15-6-3-2-4-7-15/h2-4,6-7,17H,5,8-12,14H2,1H3/t17-,18?/m1/s1. The third-order valence-corrected chi connectivity index (χ3v) is 4.54. The minimum atomic E-state index is -0.0727. The molecule has 1 saturated carbocycles. The summed E-state index contributed by atoms with van der Waals surface area (Å²) < 4.78 is 6.15. The maximum absolute atomic E-state index is 11.7. The normalized spacial score (nSPS) is 26.1. The Bertz CT molecular complexity index is 506. The Labute approximate surface area is 126 Å². The van der Waals surface area contributed by atoms with Crippen LogP contribution in [0.3, 0.4) is 0 Å². The molecule has 3 nitrogen and oxygen atoms in total. The number of hydrogen-bond donors (Lipinski definition) is 0. The molecular formula is C18H23NO2. The van der Waals surface area contributed by atoms with Crippen molar-refractivity contribution >= 4 is 5.78 Å². The van der Waals surface area contributed by atoms with Crippen molar-refractivity contribution in [2.45, 2.75) is 58.2 Å². The Morgan fingerprint density at radius 2 is 2.10 bits per heavy atom. The van der Waals surface area contributed by atoms with E-state index in [0.717, 1.165) is 24.8 Å². The minimum absolute atomic E-state index is 0.0532.